The van der Waals surface area contributed by atoms with E-state index in [-0.39, 0.29) is 30.1 Å². The molecule has 0 unspecified atom stereocenters. The molecule has 0 bridgehead atoms. The Kier molecular flexibility index (Phi) is 13.2. The third-order valence-electron chi connectivity index (χ3n) is 12.0. The highest BCUT2D eigenvalue weighted by Crippen LogP contribution is 2.35. The molecule has 0 atom stereocenters. The molecule has 8 aromatic rings. The Labute approximate surface area is 380 Å². The van der Waals surface area contributed by atoms with E-state index in [0.717, 1.165) is 74.0 Å². The lowest BCUT2D eigenvalue weighted by molar-refractivity contribution is -0.385. The number of fused-ring (bicyclic) bond motifs is 7. The fourth-order valence-electron chi connectivity index (χ4n) is 8.83. The number of ketones is 1. The van der Waals surface area contributed by atoms with Gasteiger partial charge in [-0.1, -0.05) is 60.7 Å². The molecule has 336 valence electrons. The lowest BCUT2D eigenvalue weighted by Gasteiger charge is -2.11. The molecule has 0 spiro atoms. The number of aromatic nitrogens is 2. The number of Topliss-reactive ketones (excluding diaryl/α,β-unsaturated/α-hetero) is 1. The predicted octanol–water partition coefficient (Wildman–Crippen LogP) is 11.0. The number of nitro benzene ring substituents is 1. The highest BCUT2D eigenvalue weighted by Gasteiger charge is 2.24. The molecule has 0 radical (unpaired) electrons. The largest absolute Gasteiger partial charge is 0.494 e. The van der Waals surface area contributed by atoms with Gasteiger partial charge in [0.1, 0.15) is 17.2 Å². The van der Waals surface area contributed by atoms with Gasteiger partial charge in [-0.05, 0) is 86.2 Å². The summed E-state index contributed by atoms with van der Waals surface area (Å²) in [5.41, 5.74) is 5.44. The van der Waals surface area contributed by atoms with E-state index < -0.39 is 16.9 Å². The first-order chi connectivity index (χ1) is 32.3. The average molecular weight is 888 g/mol. The molecular formula is C53H49N3O10. The Morgan fingerprint density at radius 1 is 0.530 bits per heavy atom. The van der Waals surface area contributed by atoms with Crippen molar-refractivity contribution in [3.63, 3.8) is 0 Å². The Hall–Kier alpha value is -7.67. The molecule has 0 fully saturated rings. The van der Waals surface area contributed by atoms with Crippen molar-refractivity contribution >= 4 is 67.0 Å². The Bertz CT molecular complexity index is 3100. The summed E-state index contributed by atoms with van der Waals surface area (Å²) in [7, 11) is 0. The molecule has 9 rings (SSSR count). The first kappa shape index (κ1) is 43.6. The molecule has 1 aliphatic rings. The van der Waals surface area contributed by atoms with Crippen LogP contribution >= 0.6 is 0 Å². The molecule has 13 nitrogen and oxygen atoms in total. The van der Waals surface area contributed by atoms with Crippen LogP contribution in [0.15, 0.2) is 127 Å². The van der Waals surface area contributed by atoms with Gasteiger partial charge in [0.2, 0.25) is 0 Å². The second-order valence-corrected chi connectivity index (χ2v) is 16.3. The number of aryl methyl sites for hydroxylation is 3. The van der Waals surface area contributed by atoms with Crippen LogP contribution in [0.4, 0.5) is 5.69 Å². The molecule has 2 heterocycles. The van der Waals surface area contributed by atoms with E-state index in [4.69, 9.17) is 23.7 Å². The smallest absolute Gasteiger partial charge is 0.315 e. The zero-order valence-electron chi connectivity index (χ0n) is 36.4. The van der Waals surface area contributed by atoms with Crippen LogP contribution in [0, 0.1) is 10.1 Å². The number of rotatable bonds is 21. The molecule has 0 saturated carbocycles. The third-order valence-corrected chi connectivity index (χ3v) is 12.0. The number of hydrogen-bond donors (Lipinski definition) is 0. The SMILES string of the molecule is O=C(CCn1c2ccccc2c2ccc(OCCCCOc3ccccc3[N+](=O)[O-])cc21)OC(=O)CCn1c2ccccc2c2ccc(OCCCCOc3cccc4c3C(=O)CC4)cc21. The summed E-state index contributed by atoms with van der Waals surface area (Å²) in [6, 6.07) is 40.0. The van der Waals surface area contributed by atoms with Crippen LogP contribution in [0.5, 0.6) is 23.0 Å². The minimum atomic E-state index is -0.606. The van der Waals surface area contributed by atoms with Crippen molar-refractivity contribution in [1.82, 2.24) is 9.13 Å². The summed E-state index contributed by atoms with van der Waals surface area (Å²) in [5, 5.41) is 15.4. The van der Waals surface area contributed by atoms with Crippen molar-refractivity contribution in [2.75, 3.05) is 26.4 Å². The van der Waals surface area contributed by atoms with Crippen LogP contribution in [0.1, 0.15) is 60.9 Å². The Balaban J connectivity index is 0.776. The molecular weight excluding hydrogens is 839 g/mol. The van der Waals surface area contributed by atoms with Crippen LogP contribution in [0.3, 0.4) is 0 Å². The predicted molar refractivity (Wildman–Crippen MR) is 252 cm³/mol. The van der Waals surface area contributed by atoms with Gasteiger partial charge in [0, 0.05) is 70.3 Å². The highest BCUT2D eigenvalue weighted by molar-refractivity contribution is 6.09. The highest BCUT2D eigenvalue weighted by atomic mass is 16.6. The van der Waals surface area contributed by atoms with Gasteiger partial charge < -0.3 is 32.8 Å². The zero-order valence-corrected chi connectivity index (χ0v) is 36.4. The number of hydrogen-bond acceptors (Lipinski definition) is 10. The van der Waals surface area contributed by atoms with Crippen molar-refractivity contribution in [3.8, 4) is 23.0 Å². The Morgan fingerprint density at radius 3 is 1.59 bits per heavy atom. The molecule has 0 saturated heterocycles. The molecule has 13 heteroatoms. The van der Waals surface area contributed by atoms with E-state index in [9.17, 15) is 24.5 Å². The zero-order chi connectivity index (χ0) is 45.4. The number of carbonyl (C=O) groups is 3. The van der Waals surface area contributed by atoms with Gasteiger partial charge in [0.05, 0.1) is 60.8 Å². The maximum absolute atomic E-state index is 13.2. The quantitative estimate of drug-likeness (QED) is 0.0224. The summed E-state index contributed by atoms with van der Waals surface area (Å²) in [5.74, 6) is 1.23. The summed E-state index contributed by atoms with van der Waals surface area (Å²) in [4.78, 5) is 49.6. The average Bonchev–Trinajstić information content (AvgIpc) is 3.98. The minimum Gasteiger partial charge on any atom is -0.494 e. The number of nitrogens with zero attached hydrogens (tertiary/aromatic N) is 3. The number of esters is 2. The maximum Gasteiger partial charge on any atom is 0.315 e. The molecule has 2 aromatic heterocycles. The molecule has 0 N–H and O–H groups in total. The van der Waals surface area contributed by atoms with Crippen LogP contribution < -0.4 is 18.9 Å². The second-order valence-electron chi connectivity index (χ2n) is 16.3. The summed E-state index contributed by atoms with van der Waals surface area (Å²) >= 11 is 0. The third kappa shape index (κ3) is 9.56. The van der Waals surface area contributed by atoms with Crippen molar-refractivity contribution in [2.45, 2.75) is 64.5 Å². The van der Waals surface area contributed by atoms with E-state index in [1.807, 2.05) is 102 Å². The normalized spacial score (nSPS) is 12.2. The van der Waals surface area contributed by atoms with Crippen LogP contribution in [-0.4, -0.2) is 58.2 Å². The monoisotopic (exact) mass is 887 g/mol. The van der Waals surface area contributed by atoms with Crippen molar-refractivity contribution in [2.24, 2.45) is 0 Å². The van der Waals surface area contributed by atoms with E-state index in [2.05, 4.69) is 10.6 Å². The second kappa shape index (κ2) is 20.0. The van der Waals surface area contributed by atoms with Gasteiger partial charge in [-0.2, -0.15) is 0 Å². The summed E-state index contributed by atoms with van der Waals surface area (Å²) < 4.78 is 33.4. The first-order valence-electron chi connectivity index (χ1n) is 22.5. The van der Waals surface area contributed by atoms with Crippen LogP contribution in [0.25, 0.3) is 43.6 Å². The van der Waals surface area contributed by atoms with E-state index in [0.29, 0.717) is 76.0 Å². The summed E-state index contributed by atoms with van der Waals surface area (Å²) in [6.45, 7) is 2.32. The number of nitro groups is 1. The summed E-state index contributed by atoms with van der Waals surface area (Å²) in [6.07, 6.45) is 4.15. The topological polar surface area (TPSA) is 150 Å². The lowest BCUT2D eigenvalue weighted by atomic mass is 10.1. The van der Waals surface area contributed by atoms with Gasteiger partial charge in [-0.25, -0.2) is 0 Å². The van der Waals surface area contributed by atoms with E-state index in [1.165, 1.54) is 6.07 Å². The van der Waals surface area contributed by atoms with Crippen molar-refractivity contribution in [3.05, 3.63) is 149 Å². The van der Waals surface area contributed by atoms with Gasteiger partial charge in [-0.15, -0.1) is 0 Å². The standard InChI is InChI=1S/C53H49N3O10/c57-48-25-20-36-12-11-19-50(53(36)48)65-33-10-8-31-63-38-22-24-42-40-14-2-4-16-44(40)55(47(42)35-38)29-27-52(59)66-51(58)26-28-54-43-15-3-1-13-39(43)41-23-21-37(34-46(41)54)62-30-7-9-32-64-49-18-6-5-17-45(49)56(60)61/h1-6,11-19,21-24,34-35H,7-10,20,25-33H2. The fourth-order valence-corrected chi connectivity index (χ4v) is 8.83. The number of carbonyl (C=O) groups excluding carboxylic acids is 3. The molecule has 1 aliphatic carbocycles. The molecule has 0 amide bonds. The number of unbranched alkanes of at least 4 members (excludes halogenated alkanes) is 2. The number of para-hydroxylation sites is 4. The van der Waals surface area contributed by atoms with Crippen molar-refractivity contribution in [1.29, 1.82) is 0 Å². The maximum atomic E-state index is 13.2. The van der Waals surface area contributed by atoms with Gasteiger partial charge in [0.25, 0.3) is 0 Å². The molecule has 66 heavy (non-hydrogen) atoms. The van der Waals surface area contributed by atoms with Crippen LogP contribution in [0.2, 0.25) is 0 Å². The van der Waals surface area contributed by atoms with Crippen molar-refractivity contribution < 1.29 is 43.0 Å². The first-order valence-corrected chi connectivity index (χ1v) is 22.5. The fraction of sp³-hybridized carbons (Fsp3) is 0.264. The van der Waals surface area contributed by atoms with Crippen LogP contribution in [-0.2, 0) is 33.8 Å². The molecule has 6 aromatic carbocycles. The van der Waals surface area contributed by atoms with Gasteiger partial charge in [-0.3, -0.25) is 24.5 Å². The Morgan fingerprint density at radius 2 is 1.02 bits per heavy atom. The van der Waals surface area contributed by atoms with E-state index >= 15 is 0 Å². The van der Waals surface area contributed by atoms with Gasteiger partial charge >= 0.3 is 17.6 Å². The number of benzene rings is 6. The minimum absolute atomic E-state index is 0.00476. The van der Waals surface area contributed by atoms with E-state index in [1.54, 1.807) is 18.2 Å². The lowest BCUT2D eigenvalue weighted by Crippen LogP contribution is -2.16. The number of ether oxygens (including phenoxy) is 5. The van der Waals surface area contributed by atoms with Gasteiger partial charge in [0.15, 0.2) is 11.5 Å². The molecule has 0 aliphatic heterocycles.